The fourth-order valence-corrected chi connectivity index (χ4v) is 11.3. The van der Waals surface area contributed by atoms with Gasteiger partial charge in [0.15, 0.2) is 5.82 Å². The number of hydrogen-bond donors (Lipinski definition) is 0. The van der Waals surface area contributed by atoms with Crippen molar-refractivity contribution in [2.45, 2.75) is 6.42 Å². The summed E-state index contributed by atoms with van der Waals surface area (Å²) in [4.78, 5) is 16.3. The van der Waals surface area contributed by atoms with Gasteiger partial charge in [-0.15, -0.1) is 0 Å². The molecule has 1 aliphatic rings. The molecule has 5 heterocycles. The first-order valence-electron chi connectivity index (χ1n) is 24.2. The lowest BCUT2D eigenvalue weighted by Gasteiger charge is -2.13. The SMILES string of the molecule is C1=CCC=C(c2ccc(-c3nc(-n4c5ccccc5c5cc(-n6c7ccccc7c7ccccc76)ccc54)nc(-n4c5ccccc5c5cc(-n6c7ccccc7c7ccccc76)ccc54)n3)cc2)C=C1. The molecule has 15 rings (SSSR count). The number of para-hydroxylation sites is 6. The molecule has 0 amide bonds. The Kier molecular flexibility index (Phi) is 8.59. The summed E-state index contributed by atoms with van der Waals surface area (Å²) < 4.78 is 9.19. The molecule has 0 saturated carbocycles. The summed E-state index contributed by atoms with van der Waals surface area (Å²) in [5.74, 6) is 1.67. The molecule has 0 atom stereocenters. The lowest BCUT2D eigenvalue weighted by Crippen LogP contribution is -2.10. The first-order chi connectivity index (χ1) is 35.2. The zero-order chi connectivity index (χ0) is 46.6. The first-order valence-corrected chi connectivity index (χ1v) is 24.2. The zero-order valence-corrected chi connectivity index (χ0v) is 38.4. The van der Waals surface area contributed by atoms with Crippen molar-refractivity contribution in [2.75, 3.05) is 0 Å². The average molecular weight is 908 g/mol. The number of hydrogen-bond acceptors (Lipinski definition) is 3. The molecular formula is C64H41N7. The Morgan fingerprint density at radius 2 is 0.676 bits per heavy atom. The van der Waals surface area contributed by atoms with Crippen molar-refractivity contribution in [1.82, 2.24) is 33.2 Å². The van der Waals surface area contributed by atoms with Gasteiger partial charge >= 0.3 is 0 Å². The first kappa shape index (κ1) is 39.4. The van der Waals surface area contributed by atoms with Crippen LogP contribution < -0.4 is 0 Å². The molecule has 7 heteroatoms. The molecule has 0 spiro atoms. The van der Waals surface area contributed by atoms with E-state index >= 15 is 0 Å². The van der Waals surface area contributed by atoms with Crippen molar-refractivity contribution < 1.29 is 0 Å². The van der Waals surface area contributed by atoms with Gasteiger partial charge in [-0.05, 0) is 90.4 Å². The van der Waals surface area contributed by atoms with Crippen LogP contribution in [0.1, 0.15) is 12.0 Å². The van der Waals surface area contributed by atoms with E-state index in [1.54, 1.807) is 0 Å². The highest BCUT2D eigenvalue weighted by atomic mass is 15.3. The lowest BCUT2D eigenvalue weighted by molar-refractivity contribution is 0.892. The highest BCUT2D eigenvalue weighted by Gasteiger charge is 2.23. The van der Waals surface area contributed by atoms with Gasteiger partial charge in [0.05, 0.1) is 44.1 Å². The molecular weight excluding hydrogens is 867 g/mol. The number of fused-ring (bicyclic) bond motifs is 12. The normalized spacial score (nSPS) is 13.0. The highest BCUT2D eigenvalue weighted by Crippen LogP contribution is 2.40. The average Bonchev–Trinajstić information content (AvgIpc) is 4.09. The van der Waals surface area contributed by atoms with Crippen LogP contribution in [0, 0.1) is 0 Å². The number of aromatic nitrogens is 7. The third-order valence-corrected chi connectivity index (χ3v) is 14.5. The van der Waals surface area contributed by atoms with Crippen LogP contribution in [0.15, 0.2) is 237 Å². The van der Waals surface area contributed by atoms with E-state index < -0.39 is 0 Å². The Labute approximate surface area is 407 Å². The topological polar surface area (TPSA) is 58.4 Å². The molecule has 0 fully saturated rings. The Hall–Kier alpha value is -9.59. The van der Waals surface area contributed by atoms with E-state index in [-0.39, 0.29) is 0 Å². The van der Waals surface area contributed by atoms with Gasteiger partial charge in [0.2, 0.25) is 11.9 Å². The van der Waals surface area contributed by atoms with E-state index in [0.717, 1.165) is 72.5 Å². The summed E-state index contributed by atoms with van der Waals surface area (Å²) in [6.45, 7) is 0. The molecule has 14 aromatic rings. The fraction of sp³-hybridized carbons (Fsp3) is 0.0156. The van der Waals surface area contributed by atoms with Gasteiger partial charge in [0.1, 0.15) is 0 Å². The van der Waals surface area contributed by atoms with Crippen LogP contribution >= 0.6 is 0 Å². The maximum absolute atomic E-state index is 5.52. The van der Waals surface area contributed by atoms with Gasteiger partial charge in [-0.3, -0.25) is 9.13 Å². The second-order valence-corrected chi connectivity index (χ2v) is 18.4. The van der Waals surface area contributed by atoms with E-state index in [1.807, 2.05) is 0 Å². The van der Waals surface area contributed by atoms with Crippen molar-refractivity contribution >= 4 is 92.8 Å². The van der Waals surface area contributed by atoms with Crippen molar-refractivity contribution in [3.05, 3.63) is 242 Å². The van der Waals surface area contributed by atoms with Crippen LogP contribution in [0.3, 0.4) is 0 Å². The number of benzene rings is 9. The van der Waals surface area contributed by atoms with Gasteiger partial charge in [-0.1, -0.05) is 164 Å². The molecule has 1 aliphatic carbocycles. The summed E-state index contributed by atoms with van der Waals surface area (Å²) in [7, 11) is 0. The van der Waals surface area contributed by atoms with Crippen molar-refractivity contribution in [2.24, 2.45) is 0 Å². The van der Waals surface area contributed by atoms with Gasteiger partial charge in [-0.2, -0.15) is 15.0 Å². The van der Waals surface area contributed by atoms with Crippen molar-refractivity contribution in [3.8, 4) is 34.7 Å². The summed E-state index contributed by atoms with van der Waals surface area (Å²) in [5.41, 5.74) is 14.2. The fourth-order valence-electron chi connectivity index (χ4n) is 11.3. The highest BCUT2D eigenvalue weighted by molar-refractivity contribution is 6.14. The van der Waals surface area contributed by atoms with Crippen LogP contribution in [0.4, 0.5) is 0 Å². The second kappa shape index (κ2) is 15.5. The molecule has 0 saturated heterocycles. The maximum atomic E-state index is 5.52. The molecule has 0 radical (unpaired) electrons. The monoisotopic (exact) mass is 907 g/mol. The van der Waals surface area contributed by atoms with Crippen LogP contribution in [0.25, 0.3) is 127 Å². The Morgan fingerprint density at radius 1 is 0.310 bits per heavy atom. The minimum Gasteiger partial charge on any atom is -0.309 e. The molecule has 71 heavy (non-hydrogen) atoms. The smallest absolute Gasteiger partial charge is 0.240 e. The van der Waals surface area contributed by atoms with E-state index in [1.165, 1.54) is 49.2 Å². The van der Waals surface area contributed by atoms with E-state index in [0.29, 0.717) is 17.7 Å². The van der Waals surface area contributed by atoms with E-state index in [9.17, 15) is 0 Å². The lowest BCUT2D eigenvalue weighted by atomic mass is 10.0. The van der Waals surface area contributed by atoms with Gasteiger partial charge in [0, 0.05) is 60.0 Å². The summed E-state index contributed by atoms with van der Waals surface area (Å²) >= 11 is 0. The van der Waals surface area contributed by atoms with Crippen LogP contribution in [0.5, 0.6) is 0 Å². The Morgan fingerprint density at radius 3 is 1.11 bits per heavy atom. The third kappa shape index (κ3) is 6.00. The number of nitrogens with zero attached hydrogens (tertiary/aromatic N) is 7. The molecule has 7 nitrogen and oxygen atoms in total. The minimum atomic E-state index is 0.540. The predicted molar refractivity (Wildman–Crippen MR) is 293 cm³/mol. The van der Waals surface area contributed by atoms with Gasteiger partial charge in [0.25, 0.3) is 0 Å². The van der Waals surface area contributed by atoms with Gasteiger partial charge < -0.3 is 9.13 Å². The summed E-state index contributed by atoms with van der Waals surface area (Å²) in [5, 5.41) is 9.39. The Balaban J connectivity index is 0.965. The molecule has 0 aliphatic heterocycles. The predicted octanol–water partition coefficient (Wildman–Crippen LogP) is 15.8. The quantitative estimate of drug-likeness (QED) is 0.167. The molecule has 0 unspecified atom stereocenters. The number of rotatable bonds is 6. The molecule has 0 bridgehead atoms. The van der Waals surface area contributed by atoms with Crippen LogP contribution in [0.2, 0.25) is 0 Å². The van der Waals surface area contributed by atoms with Crippen LogP contribution in [-0.4, -0.2) is 33.2 Å². The van der Waals surface area contributed by atoms with Crippen molar-refractivity contribution in [3.63, 3.8) is 0 Å². The third-order valence-electron chi connectivity index (χ3n) is 14.5. The molecule has 332 valence electrons. The number of allylic oxidation sites excluding steroid dienone is 6. The van der Waals surface area contributed by atoms with Gasteiger partial charge in [-0.25, -0.2) is 0 Å². The second-order valence-electron chi connectivity index (χ2n) is 18.4. The largest absolute Gasteiger partial charge is 0.309 e. The standard InChI is InChI=1S/C64H41N7/c1-2-4-18-41(17-3-1)42-31-33-43(34-32-42)62-65-63(70-58-29-15-9-23-50(58)52-39-44(35-37-60(52)70)68-54-25-11-5-19-46(54)47-20-6-12-26-55(47)68)67-64(66-62)71-59-30-16-10-24-51(59)53-40-45(36-38-61(53)71)69-56-27-13-7-21-48(56)49-22-8-14-28-57(49)69/h1-3,5-40H,4H2. The Bertz CT molecular complexity index is 4250. The maximum Gasteiger partial charge on any atom is 0.240 e. The molecule has 0 N–H and O–H groups in total. The summed E-state index contributed by atoms with van der Waals surface area (Å²) in [6.07, 6.45) is 11.7. The zero-order valence-electron chi connectivity index (χ0n) is 38.4. The van der Waals surface area contributed by atoms with Crippen LogP contribution in [-0.2, 0) is 0 Å². The van der Waals surface area contributed by atoms with E-state index in [2.05, 4.69) is 255 Å². The molecule has 5 aromatic heterocycles. The van der Waals surface area contributed by atoms with E-state index in [4.69, 9.17) is 15.0 Å². The summed E-state index contributed by atoms with van der Waals surface area (Å²) in [6, 6.07) is 74.1. The van der Waals surface area contributed by atoms with Crippen molar-refractivity contribution in [1.29, 1.82) is 0 Å². The molecule has 9 aromatic carbocycles. The minimum absolute atomic E-state index is 0.540.